The number of thiophene rings is 1. The Kier molecular flexibility index (Phi) is 7.30. The van der Waals surface area contributed by atoms with E-state index in [0.717, 1.165) is 10.4 Å². The second-order valence-corrected chi connectivity index (χ2v) is 11.9. The van der Waals surface area contributed by atoms with Gasteiger partial charge in [-0.2, -0.15) is 0 Å². The van der Waals surface area contributed by atoms with Gasteiger partial charge in [-0.05, 0) is 58.9 Å². The first-order valence-electron chi connectivity index (χ1n) is 10.1. The largest absolute Gasteiger partial charge is 0.485 e. The van der Waals surface area contributed by atoms with E-state index in [2.05, 4.69) is 20.0 Å². The highest BCUT2D eigenvalue weighted by atomic mass is 35.5. The van der Waals surface area contributed by atoms with Gasteiger partial charge in [-0.25, -0.2) is 18.4 Å². The first-order valence-corrected chi connectivity index (χ1v) is 12.9. The third kappa shape index (κ3) is 6.89. The number of amides is 1. The van der Waals surface area contributed by atoms with E-state index in [0.29, 0.717) is 22.1 Å². The van der Waals surface area contributed by atoms with Gasteiger partial charge in [0.2, 0.25) is 10.0 Å². The van der Waals surface area contributed by atoms with E-state index in [1.807, 2.05) is 27.7 Å². The average molecular weight is 509 g/mol. The topological polar surface area (TPSA) is 110 Å². The zero-order valence-corrected chi connectivity index (χ0v) is 21.3. The molecule has 0 unspecified atom stereocenters. The molecule has 0 aliphatic rings. The average Bonchev–Trinajstić information content (AvgIpc) is 3.08. The molecular weight excluding hydrogens is 484 g/mol. The number of rotatable bonds is 7. The van der Waals surface area contributed by atoms with Crippen molar-refractivity contribution in [1.82, 2.24) is 9.97 Å². The van der Waals surface area contributed by atoms with Crippen LogP contribution in [0.5, 0.6) is 5.75 Å². The van der Waals surface area contributed by atoms with Crippen molar-refractivity contribution in [3.8, 4) is 17.1 Å². The van der Waals surface area contributed by atoms with Crippen molar-refractivity contribution in [2.24, 2.45) is 0 Å². The first kappa shape index (κ1) is 24.9. The number of hydrogen-bond donors (Lipinski definition) is 2. The molecule has 0 radical (unpaired) electrons. The van der Waals surface area contributed by atoms with Crippen molar-refractivity contribution in [2.45, 2.75) is 40.2 Å². The van der Waals surface area contributed by atoms with Gasteiger partial charge >= 0.3 is 0 Å². The van der Waals surface area contributed by atoms with E-state index in [9.17, 15) is 13.2 Å². The Hall–Kier alpha value is -2.69. The summed E-state index contributed by atoms with van der Waals surface area (Å²) in [5.74, 6) is 0.619. The summed E-state index contributed by atoms with van der Waals surface area (Å²) in [4.78, 5) is 22.9. The van der Waals surface area contributed by atoms with Gasteiger partial charge in [0.15, 0.2) is 11.6 Å². The standard InChI is InChI=1S/C22H25ClN4O4S2/c1-6-33(29,30)27-16-8-14(23)7-15(9-16)26-21(28)19-10-18(13(2)32-19)20-24-11-17(12-25-20)31-22(3,4)5/h7-12,27H,6H2,1-5H3,(H,26,28). The van der Waals surface area contributed by atoms with E-state index in [4.69, 9.17) is 16.3 Å². The number of halogens is 1. The minimum Gasteiger partial charge on any atom is -0.485 e. The van der Waals surface area contributed by atoms with Crippen molar-refractivity contribution in [3.05, 3.63) is 51.4 Å². The van der Waals surface area contributed by atoms with Gasteiger partial charge in [-0.15, -0.1) is 11.3 Å². The number of benzene rings is 1. The number of ether oxygens (including phenoxy) is 1. The van der Waals surface area contributed by atoms with Crippen LogP contribution in [0.4, 0.5) is 11.4 Å². The highest BCUT2D eigenvalue weighted by molar-refractivity contribution is 7.92. The summed E-state index contributed by atoms with van der Waals surface area (Å²) < 4.78 is 31.9. The molecule has 176 valence electrons. The number of anilines is 2. The molecule has 1 amide bonds. The number of aryl methyl sites for hydroxylation is 1. The lowest BCUT2D eigenvalue weighted by molar-refractivity contribution is 0.103. The van der Waals surface area contributed by atoms with Crippen LogP contribution in [-0.2, 0) is 10.0 Å². The molecule has 0 saturated heterocycles. The van der Waals surface area contributed by atoms with Crippen LogP contribution in [0, 0.1) is 6.92 Å². The summed E-state index contributed by atoms with van der Waals surface area (Å²) in [5.41, 5.74) is 1.03. The zero-order valence-electron chi connectivity index (χ0n) is 18.9. The van der Waals surface area contributed by atoms with E-state index in [1.54, 1.807) is 24.5 Å². The van der Waals surface area contributed by atoms with Crippen LogP contribution < -0.4 is 14.8 Å². The summed E-state index contributed by atoms with van der Waals surface area (Å²) in [6, 6.07) is 6.25. The number of aromatic nitrogens is 2. The van der Waals surface area contributed by atoms with Crippen molar-refractivity contribution >= 4 is 50.2 Å². The van der Waals surface area contributed by atoms with Crippen molar-refractivity contribution in [3.63, 3.8) is 0 Å². The lowest BCUT2D eigenvalue weighted by atomic mass is 10.2. The number of nitrogens with zero attached hydrogens (tertiary/aromatic N) is 2. The molecule has 3 aromatic rings. The molecule has 0 spiro atoms. The molecular formula is C22H25ClN4O4S2. The Morgan fingerprint density at radius 2 is 1.76 bits per heavy atom. The molecule has 33 heavy (non-hydrogen) atoms. The van der Waals surface area contributed by atoms with Crippen molar-refractivity contribution in [2.75, 3.05) is 15.8 Å². The molecule has 2 aromatic heterocycles. The fourth-order valence-corrected chi connectivity index (χ4v) is 4.61. The second-order valence-electron chi connectivity index (χ2n) is 8.23. The smallest absolute Gasteiger partial charge is 0.265 e. The van der Waals surface area contributed by atoms with E-state index in [-0.39, 0.29) is 28.0 Å². The van der Waals surface area contributed by atoms with Crippen LogP contribution in [0.1, 0.15) is 42.2 Å². The Morgan fingerprint density at radius 3 is 2.36 bits per heavy atom. The maximum absolute atomic E-state index is 12.8. The molecule has 8 nitrogen and oxygen atoms in total. The fourth-order valence-electron chi connectivity index (χ4n) is 2.84. The minimum atomic E-state index is -3.48. The molecule has 0 atom stereocenters. The number of sulfonamides is 1. The normalized spacial score (nSPS) is 11.8. The maximum Gasteiger partial charge on any atom is 0.265 e. The monoisotopic (exact) mass is 508 g/mol. The van der Waals surface area contributed by atoms with Gasteiger partial charge in [0.25, 0.3) is 5.91 Å². The molecule has 0 bridgehead atoms. The first-order chi connectivity index (χ1) is 15.3. The summed E-state index contributed by atoms with van der Waals surface area (Å²) in [7, 11) is -3.48. The third-order valence-corrected chi connectivity index (χ3v) is 6.82. The predicted octanol–water partition coefficient (Wildman–Crippen LogP) is 5.36. The molecule has 2 N–H and O–H groups in total. The molecule has 3 rings (SSSR count). The molecule has 2 heterocycles. The third-order valence-electron chi connectivity index (χ3n) is 4.24. The highest BCUT2D eigenvalue weighted by Crippen LogP contribution is 2.31. The lowest BCUT2D eigenvalue weighted by Gasteiger charge is -2.20. The molecule has 1 aromatic carbocycles. The molecule has 0 aliphatic heterocycles. The Bertz CT molecular complexity index is 1270. The maximum atomic E-state index is 12.8. The van der Waals surface area contributed by atoms with Gasteiger partial charge in [-0.1, -0.05) is 11.6 Å². The molecule has 0 saturated carbocycles. The SMILES string of the molecule is CCS(=O)(=O)Nc1cc(Cl)cc(NC(=O)c2cc(-c3ncc(OC(C)(C)C)cn3)c(C)s2)c1. The van der Waals surface area contributed by atoms with E-state index >= 15 is 0 Å². The predicted molar refractivity (Wildman–Crippen MR) is 133 cm³/mol. The molecule has 0 aliphatic carbocycles. The lowest BCUT2D eigenvalue weighted by Crippen LogP contribution is -2.23. The Morgan fingerprint density at radius 1 is 1.12 bits per heavy atom. The van der Waals surface area contributed by atoms with Gasteiger partial charge in [0.1, 0.15) is 5.60 Å². The summed E-state index contributed by atoms with van der Waals surface area (Å²) in [6.07, 6.45) is 3.21. The van der Waals surface area contributed by atoms with Gasteiger partial charge in [0.05, 0.1) is 28.7 Å². The van der Waals surface area contributed by atoms with E-state index in [1.165, 1.54) is 30.4 Å². The van der Waals surface area contributed by atoms with Crippen LogP contribution in [0.15, 0.2) is 36.7 Å². The van der Waals surface area contributed by atoms with Crippen molar-refractivity contribution < 1.29 is 17.9 Å². The number of carbonyl (C=O) groups is 1. The summed E-state index contributed by atoms with van der Waals surface area (Å²) in [6.45, 7) is 9.24. The van der Waals surface area contributed by atoms with Crippen LogP contribution in [0.3, 0.4) is 0 Å². The van der Waals surface area contributed by atoms with Gasteiger partial charge < -0.3 is 10.1 Å². The minimum absolute atomic E-state index is 0.0795. The fraction of sp³-hybridized carbons (Fsp3) is 0.318. The summed E-state index contributed by atoms with van der Waals surface area (Å²) >= 11 is 7.41. The van der Waals surface area contributed by atoms with E-state index < -0.39 is 10.0 Å². The molecule has 11 heteroatoms. The van der Waals surface area contributed by atoms with Crippen LogP contribution in [0.2, 0.25) is 5.02 Å². The number of hydrogen-bond acceptors (Lipinski definition) is 7. The Balaban J connectivity index is 1.79. The highest BCUT2D eigenvalue weighted by Gasteiger charge is 2.18. The summed E-state index contributed by atoms with van der Waals surface area (Å²) in [5, 5.41) is 3.05. The van der Waals surface area contributed by atoms with Crippen molar-refractivity contribution in [1.29, 1.82) is 0 Å². The number of carbonyl (C=O) groups excluding carboxylic acids is 1. The quantitative estimate of drug-likeness (QED) is 0.444. The van der Waals surface area contributed by atoms with Crippen LogP contribution in [0.25, 0.3) is 11.4 Å². The number of nitrogens with one attached hydrogen (secondary N) is 2. The van der Waals surface area contributed by atoms with Gasteiger partial charge in [0, 0.05) is 21.2 Å². The zero-order chi connectivity index (χ0) is 24.4. The molecule has 0 fully saturated rings. The second kappa shape index (κ2) is 9.66. The van der Waals surface area contributed by atoms with Crippen LogP contribution >= 0.6 is 22.9 Å². The Labute approximate surface area is 202 Å². The van der Waals surface area contributed by atoms with Gasteiger partial charge in [-0.3, -0.25) is 9.52 Å². The van der Waals surface area contributed by atoms with Crippen LogP contribution in [-0.4, -0.2) is 35.6 Å².